The molecule has 6 nitrogen and oxygen atoms in total. The van der Waals surface area contributed by atoms with Gasteiger partial charge in [0.2, 0.25) is 0 Å². The zero-order valence-electron chi connectivity index (χ0n) is 20.3. The Morgan fingerprint density at radius 3 is 2.56 bits per heavy atom. The van der Waals surface area contributed by atoms with Gasteiger partial charge in [0.15, 0.2) is 0 Å². The molecule has 2 aliphatic heterocycles. The van der Waals surface area contributed by atoms with E-state index in [4.69, 9.17) is 19.3 Å². The Morgan fingerprint density at radius 2 is 1.86 bits per heavy atom. The summed E-state index contributed by atoms with van der Waals surface area (Å²) in [4.78, 5) is 13.1. The van der Waals surface area contributed by atoms with Gasteiger partial charge in [0.05, 0.1) is 30.8 Å². The number of halogens is 3. The van der Waals surface area contributed by atoms with Gasteiger partial charge >= 0.3 is 12.1 Å². The Kier molecular flexibility index (Phi) is 6.63. The van der Waals surface area contributed by atoms with Crippen LogP contribution in [0, 0.1) is 0 Å². The van der Waals surface area contributed by atoms with Gasteiger partial charge in [-0.15, -0.1) is 0 Å². The van der Waals surface area contributed by atoms with Crippen LogP contribution in [-0.4, -0.2) is 47.9 Å². The summed E-state index contributed by atoms with van der Waals surface area (Å²) in [5.41, 5.74) is 2.10. The van der Waals surface area contributed by atoms with Crippen molar-refractivity contribution in [2.24, 2.45) is 0 Å². The molecule has 3 aliphatic rings. The number of fused-ring (bicyclic) bond motifs is 2. The lowest BCUT2D eigenvalue weighted by Gasteiger charge is -2.36. The normalized spacial score (nSPS) is 25.8. The number of rotatable bonds is 6. The van der Waals surface area contributed by atoms with Gasteiger partial charge in [-0.1, -0.05) is 12.1 Å². The van der Waals surface area contributed by atoms with E-state index in [0.29, 0.717) is 49.6 Å². The minimum atomic E-state index is -4.43. The molecular formula is C27H30F3NO5. The number of carboxylic acid groups (broad SMARTS) is 1. The van der Waals surface area contributed by atoms with Crippen molar-refractivity contribution in [1.29, 1.82) is 0 Å². The van der Waals surface area contributed by atoms with Gasteiger partial charge < -0.3 is 19.3 Å². The molecule has 0 aromatic heterocycles. The number of hydrogen-bond donors (Lipinski definition) is 1. The predicted molar refractivity (Wildman–Crippen MR) is 125 cm³/mol. The SMILES string of the molecule is CC1CN(Cc2c(C(F)(F)F)ccc3c2CC[C@H]3Oc2ccc3c(c2)OCC3CC(=O)O)CC(C)O1. The second kappa shape index (κ2) is 9.59. The van der Waals surface area contributed by atoms with E-state index in [9.17, 15) is 18.0 Å². The Balaban J connectivity index is 1.39. The summed E-state index contributed by atoms with van der Waals surface area (Å²) in [5, 5.41) is 9.10. The van der Waals surface area contributed by atoms with E-state index >= 15 is 0 Å². The average molecular weight is 506 g/mol. The monoisotopic (exact) mass is 505 g/mol. The standard InChI is InChI=1S/C27H30F3NO5/c1-15-11-31(12-16(2)35-15)13-22-20-6-8-24(21(20)5-7-23(22)27(28,29)30)36-18-3-4-19-17(9-26(32)33)14-34-25(19)10-18/h3-5,7,10,15-17,24H,6,8-9,11-14H2,1-2H3,(H,32,33)/t15?,16?,17?,24-/m1/s1. The zero-order chi connectivity index (χ0) is 25.6. The third-order valence-electron chi connectivity index (χ3n) is 7.22. The first-order chi connectivity index (χ1) is 17.1. The summed E-state index contributed by atoms with van der Waals surface area (Å²) >= 11 is 0. The number of ether oxygens (including phenoxy) is 3. The molecule has 3 unspecified atom stereocenters. The Morgan fingerprint density at radius 1 is 1.14 bits per heavy atom. The van der Waals surface area contributed by atoms with E-state index in [1.165, 1.54) is 6.07 Å². The van der Waals surface area contributed by atoms with E-state index in [-0.39, 0.29) is 37.2 Å². The van der Waals surface area contributed by atoms with Crippen LogP contribution in [0.4, 0.5) is 13.2 Å². The second-order valence-electron chi connectivity index (χ2n) is 10.1. The molecule has 0 radical (unpaired) electrons. The fourth-order valence-electron chi connectivity index (χ4n) is 5.82. The lowest BCUT2D eigenvalue weighted by molar-refractivity contribution is -0.139. The topological polar surface area (TPSA) is 68.2 Å². The first-order valence-corrected chi connectivity index (χ1v) is 12.3. The summed E-state index contributed by atoms with van der Waals surface area (Å²) in [6, 6.07) is 8.08. The van der Waals surface area contributed by atoms with E-state index < -0.39 is 17.7 Å². The molecule has 4 atom stereocenters. The van der Waals surface area contributed by atoms with Gasteiger partial charge in [-0.2, -0.15) is 13.2 Å². The van der Waals surface area contributed by atoms with Crippen molar-refractivity contribution in [2.75, 3.05) is 19.7 Å². The van der Waals surface area contributed by atoms with Gasteiger partial charge in [0.25, 0.3) is 0 Å². The van der Waals surface area contributed by atoms with Crippen molar-refractivity contribution >= 4 is 5.97 Å². The van der Waals surface area contributed by atoms with Crippen molar-refractivity contribution < 1.29 is 37.3 Å². The molecule has 0 amide bonds. The lowest BCUT2D eigenvalue weighted by atomic mass is 9.95. The minimum absolute atomic E-state index is 0.00574. The molecule has 2 aromatic rings. The highest BCUT2D eigenvalue weighted by Crippen LogP contribution is 2.44. The quantitative estimate of drug-likeness (QED) is 0.572. The molecule has 0 saturated carbocycles. The number of benzene rings is 2. The number of carbonyl (C=O) groups is 1. The smallest absolute Gasteiger partial charge is 0.416 e. The fraction of sp³-hybridized carbons (Fsp3) is 0.519. The van der Waals surface area contributed by atoms with Crippen molar-refractivity contribution in [1.82, 2.24) is 4.90 Å². The van der Waals surface area contributed by atoms with E-state index in [1.54, 1.807) is 18.2 Å². The Bertz CT molecular complexity index is 1140. The predicted octanol–water partition coefficient (Wildman–Crippen LogP) is 5.33. The molecule has 194 valence electrons. The maximum Gasteiger partial charge on any atom is 0.416 e. The van der Waals surface area contributed by atoms with Crippen LogP contribution >= 0.6 is 0 Å². The van der Waals surface area contributed by atoms with Gasteiger partial charge in [-0.25, -0.2) is 0 Å². The minimum Gasteiger partial charge on any atom is -0.492 e. The number of nitrogens with zero attached hydrogens (tertiary/aromatic N) is 1. The number of alkyl halides is 3. The van der Waals surface area contributed by atoms with Crippen molar-refractivity contribution in [2.45, 2.75) is 70.1 Å². The van der Waals surface area contributed by atoms with Gasteiger partial charge in [-0.3, -0.25) is 9.69 Å². The molecule has 1 saturated heterocycles. The molecule has 36 heavy (non-hydrogen) atoms. The maximum absolute atomic E-state index is 14.0. The fourth-order valence-corrected chi connectivity index (χ4v) is 5.82. The Hall–Kier alpha value is -2.78. The number of carboxylic acids is 1. The first kappa shape index (κ1) is 24.9. The summed E-state index contributed by atoms with van der Waals surface area (Å²) in [7, 11) is 0. The molecule has 0 spiro atoms. The van der Waals surface area contributed by atoms with Crippen LogP contribution < -0.4 is 9.47 Å². The third-order valence-corrected chi connectivity index (χ3v) is 7.22. The molecule has 1 fully saturated rings. The zero-order valence-corrected chi connectivity index (χ0v) is 20.3. The number of aliphatic carboxylic acids is 1. The molecule has 1 N–H and O–H groups in total. The van der Waals surface area contributed by atoms with Crippen LogP contribution in [0.3, 0.4) is 0 Å². The number of hydrogen-bond acceptors (Lipinski definition) is 5. The van der Waals surface area contributed by atoms with E-state index in [0.717, 1.165) is 16.7 Å². The van der Waals surface area contributed by atoms with Gasteiger partial charge in [0.1, 0.15) is 17.6 Å². The third kappa shape index (κ3) is 5.04. The molecular weight excluding hydrogens is 475 g/mol. The van der Waals surface area contributed by atoms with Crippen molar-refractivity contribution in [3.05, 3.63) is 58.1 Å². The summed E-state index contributed by atoms with van der Waals surface area (Å²) < 4.78 is 59.6. The molecule has 1 aliphatic carbocycles. The van der Waals surface area contributed by atoms with Gasteiger partial charge in [-0.05, 0) is 55.5 Å². The van der Waals surface area contributed by atoms with Gasteiger partial charge in [0, 0.05) is 37.2 Å². The largest absolute Gasteiger partial charge is 0.492 e. The summed E-state index contributed by atoms with van der Waals surface area (Å²) in [6.45, 7) is 5.58. The first-order valence-electron chi connectivity index (χ1n) is 12.3. The molecule has 2 aromatic carbocycles. The number of morpholine rings is 1. The molecule has 0 bridgehead atoms. The van der Waals surface area contributed by atoms with Crippen LogP contribution in [-0.2, 0) is 28.7 Å². The van der Waals surface area contributed by atoms with E-state index in [1.807, 2.05) is 24.8 Å². The molecule has 2 heterocycles. The van der Waals surface area contributed by atoms with Crippen LogP contribution in [0.25, 0.3) is 0 Å². The van der Waals surface area contributed by atoms with Crippen LogP contribution in [0.15, 0.2) is 30.3 Å². The van der Waals surface area contributed by atoms with Crippen LogP contribution in [0.1, 0.15) is 66.5 Å². The molecule has 9 heteroatoms. The van der Waals surface area contributed by atoms with Crippen molar-refractivity contribution in [3.8, 4) is 11.5 Å². The lowest BCUT2D eigenvalue weighted by Crippen LogP contribution is -2.45. The highest BCUT2D eigenvalue weighted by molar-refractivity contribution is 5.68. The van der Waals surface area contributed by atoms with Crippen LogP contribution in [0.2, 0.25) is 0 Å². The Labute approximate surface area is 207 Å². The van der Waals surface area contributed by atoms with E-state index in [2.05, 4.69) is 0 Å². The average Bonchev–Trinajstić information content (AvgIpc) is 3.36. The summed E-state index contributed by atoms with van der Waals surface area (Å²) in [5.74, 6) is 0.0718. The highest BCUT2D eigenvalue weighted by atomic mass is 19.4. The summed E-state index contributed by atoms with van der Waals surface area (Å²) in [6.07, 6.45) is -3.78. The molecule has 5 rings (SSSR count). The van der Waals surface area contributed by atoms with Crippen LogP contribution in [0.5, 0.6) is 11.5 Å². The van der Waals surface area contributed by atoms with Crippen molar-refractivity contribution in [3.63, 3.8) is 0 Å². The highest BCUT2D eigenvalue weighted by Gasteiger charge is 2.38. The maximum atomic E-state index is 14.0. The second-order valence-corrected chi connectivity index (χ2v) is 10.1.